The van der Waals surface area contributed by atoms with Gasteiger partial charge in [-0.3, -0.25) is 19.7 Å². The van der Waals surface area contributed by atoms with E-state index in [1.54, 1.807) is 6.07 Å². The van der Waals surface area contributed by atoms with Gasteiger partial charge in [0.2, 0.25) is 0 Å². The van der Waals surface area contributed by atoms with Crippen LogP contribution in [0.2, 0.25) is 0 Å². The summed E-state index contributed by atoms with van der Waals surface area (Å²) in [5.74, 6) is -0.469. The van der Waals surface area contributed by atoms with Crippen LogP contribution in [0, 0.1) is 6.92 Å². The predicted molar refractivity (Wildman–Crippen MR) is 78.4 cm³/mol. The normalized spacial score (nSPS) is 16.9. The van der Waals surface area contributed by atoms with Crippen LogP contribution in [0.1, 0.15) is 11.1 Å². The fourth-order valence-electron chi connectivity index (χ4n) is 2.07. The van der Waals surface area contributed by atoms with Gasteiger partial charge in [0, 0.05) is 5.56 Å². The number of carbonyl (C=O) groups is 2. The van der Waals surface area contributed by atoms with Gasteiger partial charge < -0.3 is 4.98 Å². The number of imide groups is 1. The predicted octanol–water partition coefficient (Wildman–Crippen LogP) is 2.16. The molecule has 1 aliphatic heterocycles. The highest BCUT2D eigenvalue weighted by atomic mass is 32.2. The topological polar surface area (TPSA) is 79.0 Å². The number of aryl methyl sites for hydroxylation is 1. The number of aromatic nitrogens is 1. The first-order valence-electron chi connectivity index (χ1n) is 5.92. The first-order chi connectivity index (χ1) is 9.54. The minimum absolute atomic E-state index is 0.229. The molecule has 2 heterocycles. The number of H-pyrrole nitrogens is 1. The molecule has 0 bridgehead atoms. The molecule has 5 nitrogen and oxygen atoms in total. The average Bonchev–Trinajstić information content (AvgIpc) is 2.70. The van der Waals surface area contributed by atoms with Crippen molar-refractivity contribution in [3.05, 3.63) is 50.7 Å². The van der Waals surface area contributed by atoms with E-state index in [2.05, 4.69) is 10.3 Å². The van der Waals surface area contributed by atoms with Gasteiger partial charge in [-0.15, -0.1) is 0 Å². The van der Waals surface area contributed by atoms with Crippen molar-refractivity contribution in [2.45, 2.75) is 6.92 Å². The molecule has 2 N–H and O–H groups in total. The minimum atomic E-state index is -0.469. The number of fused-ring (bicyclic) bond motifs is 1. The number of rotatable bonds is 1. The number of hydrogen-bond donors (Lipinski definition) is 2. The molecule has 0 saturated carbocycles. The van der Waals surface area contributed by atoms with Crippen molar-refractivity contribution in [2.24, 2.45) is 0 Å². The molecule has 1 aromatic carbocycles. The molecule has 0 radical (unpaired) electrons. The number of thioether (sulfide) groups is 1. The summed E-state index contributed by atoms with van der Waals surface area (Å²) in [4.78, 5) is 37.7. The third-order valence-corrected chi connectivity index (χ3v) is 3.86. The molecular formula is C14H10N2O3S. The molecule has 2 amide bonds. The van der Waals surface area contributed by atoms with Crippen LogP contribution >= 0.6 is 11.8 Å². The molecule has 2 aromatic rings. The van der Waals surface area contributed by atoms with Crippen LogP contribution in [0.15, 0.2) is 34.0 Å². The fourth-order valence-corrected chi connectivity index (χ4v) is 2.74. The van der Waals surface area contributed by atoms with E-state index in [0.717, 1.165) is 28.2 Å². The lowest BCUT2D eigenvalue weighted by atomic mass is 10.1. The Morgan fingerprint density at radius 1 is 1.20 bits per heavy atom. The van der Waals surface area contributed by atoms with E-state index in [9.17, 15) is 14.4 Å². The minimum Gasteiger partial charge on any atom is -0.321 e. The Hall–Kier alpha value is -2.34. The summed E-state index contributed by atoms with van der Waals surface area (Å²) in [6, 6.07) is 7.40. The number of pyridine rings is 1. The summed E-state index contributed by atoms with van der Waals surface area (Å²) in [5, 5.41) is 2.62. The molecule has 0 spiro atoms. The van der Waals surface area contributed by atoms with E-state index in [1.807, 2.05) is 25.1 Å². The number of carbonyl (C=O) groups excluding carboxylic acids is 2. The molecule has 1 fully saturated rings. The van der Waals surface area contributed by atoms with Crippen molar-refractivity contribution in [1.82, 2.24) is 10.3 Å². The van der Waals surface area contributed by atoms with Crippen LogP contribution < -0.4 is 10.9 Å². The van der Waals surface area contributed by atoms with E-state index >= 15 is 0 Å². The number of hydrogen-bond acceptors (Lipinski definition) is 4. The van der Waals surface area contributed by atoms with Crippen LogP contribution in [0.25, 0.3) is 17.0 Å². The number of amides is 2. The van der Waals surface area contributed by atoms with Crippen molar-refractivity contribution in [3.63, 3.8) is 0 Å². The summed E-state index contributed by atoms with van der Waals surface area (Å²) in [5.41, 5.74) is 1.82. The van der Waals surface area contributed by atoms with Gasteiger partial charge in [-0.2, -0.15) is 0 Å². The second-order valence-electron chi connectivity index (χ2n) is 4.45. The molecule has 20 heavy (non-hydrogen) atoms. The lowest BCUT2D eigenvalue weighted by Gasteiger charge is -2.03. The summed E-state index contributed by atoms with van der Waals surface area (Å²) >= 11 is 0.794. The Morgan fingerprint density at radius 3 is 2.70 bits per heavy atom. The summed E-state index contributed by atoms with van der Waals surface area (Å²) in [7, 11) is 0. The molecule has 1 aliphatic rings. The lowest BCUT2D eigenvalue weighted by molar-refractivity contribution is -0.115. The van der Waals surface area contributed by atoms with Crippen molar-refractivity contribution < 1.29 is 9.59 Å². The second kappa shape index (κ2) is 4.64. The molecular weight excluding hydrogens is 276 g/mol. The highest BCUT2D eigenvalue weighted by molar-refractivity contribution is 8.18. The Bertz CT molecular complexity index is 836. The highest BCUT2D eigenvalue weighted by Crippen LogP contribution is 2.25. The number of benzene rings is 1. The van der Waals surface area contributed by atoms with Crippen molar-refractivity contribution in [1.29, 1.82) is 0 Å². The van der Waals surface area contributed by atoms with Gasteiger partial charge in [0.05, 0.1) is 10.4 Å². The van der Waals surface area contributed by atoms with Crippen LogP contribution in [0.3, 0.4) is 0 Å². The number of para-hydroxylation sites is 1. The van der Waals surface area contributed by atoms with E-state index in [1.165, 1.54) is 6.08 Å². The van der Waals surface area contributed by atoms with Gasteiger partial charge in [0.25, 0.3) is 16.7 Å². The quantitative estimate of drug-likeness (QED) is 0.787. The smallest absolute Gasteiger partial charge is 0.290 e. The molecule has 3 rings (SSSR count). The standard InChI is InChI=1S/C14H10N2O3S/c1-7-3-2-4-8-5-9(12(17)15-11(7)8)6-10-13(18)16-14(19)20-10/h2-6H,1H3,(H,15,17)(H,16,18,19)/b10-6-. The van der Waals surface area contributed by atoms with Crippen molar-refractivity contribution in [2.75, 3.05) is 0 Å². The van der Waals surface area contributed by atoms with E-state index < -0.39 is 11.1 Å². The summed E-state index contributed by atoms with van der Waals surface area (Å²) in [6.07, 6.45) is 1.44. The van der Waals surface area contributed by atoms with Crippen LogP contribution in [-0.4, -0.2) is 16.1 Å². The second-order valence-corrected chi connectivity index (χ2v) is 5.46. The lowest BCUT2D eigenvalue weighted by Crippen LogP contribution is -2.18. The van der Waals surface area contributed by atoms with Gasteiger partial charge in [0.15, 0.2) is 0 Å². The Kier molecular flexibility index (Phi) is 2.94. The molecule has 100 valence electrons. The first-order valence-corrected chi connectivity index (χ1v) is 6.74. The molecule has 0 atom stereocenters. The number of nitrogens with one attached hydrogen (secondary N) is 2. The van der Waals surface area contributed by atoms with Crippen LogP contribution in [0.4, 0.5) is 4.79 Å². The van der Waals surface area contributed by atoms with Gasteiger partial charge in [0.1, 0.15) is 0 Å². The van der Waals surface area contributed by atoms with E-state index in [0.29, 0.717) is 5.56 Å². The first kappa shape index (κ1) is 12.7. The zero-order chi connectivity index (χ0) is 14.3. The van der Waals surface area contributed by atoms with Crippen LogP contribution in [0.5, 0.6) is 0 Å². The maximum atomic E-state index is 12.0. The zero-order valence-corrected chi connectivity index (χ0v) is 11.3. The maximum absolute atomic E-state index is 12.0. The monoisotopic (exact) mass is 286 g/mol. The molecule has 1 saturated heterocycles. The largest absolute Gasteiger partial charge is 0.321 e. The molecule has 6 heteroatoms. The maximum Gasteiger partial charge on any atom is 0.290 e. The fraction of sp³-hybridized carbons (Fsp3) is 0.0714. The highest BCUT2D eigenvalue weighted by Gasteiger charge is 2.25. The SMILES string of the molecule is Cc1cccc2cc(/C=C3\SC(=O)NC3=O)c(=O)[nH]c12. The molecule has 0 unspecified atom stereocenters. The third-order valence-electron chi connectivity index (χ3n) is 3.05. The Balaban J connectivity index is 2.16. The van der Waals surface area contributed by atoms with Gasteiger partial charge in [-0.25, -0.2) is 0 Å². The Morgan fingerprint density at radius 2 is 2.00 bits per heavy atom. The third kappa shape index (κ3) is 2.14. The van der Waals surface area contributed by atoms with Crippen molar-refractivity contribution >= 4 is 39.9 Å². The van der Waals surface area contributed by atoms with E-state index in [-0.39, 0.29) is 10.5 Å². The molecule has 1 aromatic heterocycles. The van der Waals surface area contributed by atoms with Gasteiger partial charge in [-0.1, -0.05) is 18.2 Å². The molecule has 0 aliphatic carbocycles. The Labute approximate surface area is 118 Å². The summed E-state index contributed by atoms with van der Waals surface area (Å²) < 4.78 is 0. The van der Waals surface area contributed by atoms with E-state index in [4.69, 9.17) is 0 Å². The van der Waals surface area contributed by atoms with Crippen LogP contribution in [-0.2, 0) is 4.79 Å². The average molecular weight is 286 g/mol. The zero-order valence-electron chi connectivity index (χ0n) is 10.5. The van der Waals surface area contributed by atoms with Crippen molar-refractivity contribution in [3.8, 4) is 0 Å². The summed E-state index contributed by atoms with van der Waals surface area (Å²) in [6.45, 7) is 1.91. The number of aromatic amines is 1. The van der Waals surface area contributed by atoms with Gasteiger partial charge >= 0.3 is 0 Å². The van der Waals surface area contributed by atoms with Gasteiger partial charge in [-0.05, 0) is 41.8 Å².